The van der Waals surface area contributed by atoms with E-state index in [1.807, 2.05) is 78.9 Å². The lowest BCUT2D eigenvalue weighted by Gasteiger charge is -2.25. The Morgan fingerprint density at radius 1 is 1.00 bits per heavy atom. The number of ether oxygens (including phenoxy) is 2. The summed E-state index contributed by atoms with van der Waals surface area (Å²) in [4.78, 5) is 32.7. The van der Waals surface area contributed by atoms with Gasteiger partial charge in [-0.25, -0.2) is 4.99 Å². The van der Waals surface area contributed by atoms with Crippen LogP contribution in [-0.4, -0.2) is 24.7 Å². The molecule has 1 aromatic heterocycles. The maximum absolute atomic E-state index is 13.8. The standard InChI is InChI=1S/C29H25N3O4S/c1-18-25(27(33)31-21-12-5-4-6-13-21)26(20-11-9-14-22(16-20)35-2)32-28(34)24(37-29(32)30-18)17-19-10-7-8-15-23(19)36-3/h4-17,26H,1-3H3,(H,31,33)/b24-17-/t26-/m0/s1. The van der Waals surface area contributed by atoms with Crippen molar-refractivity contribution >= 4 is 29.0 Å². The zero-order valence-electron chi connectivity index (χ0n) is 20.6. The van der Waals surface area contributed by atoms with Gasteiger partial charge in [0.1, 0.15) is 11.5 Å². The summed E-state index contributed by atoms with van der Waals surface area (Å²) in [5.41, 5.74) is 2.90. The van der Waals surface area contributed by atoms with E-state index < -0.39 is 6.04 Å². The van der Waals surface area contributed by atoms with Crippen LogP contribution in [0.4, 0.5) is 5.69 Å². The number of aromatic nitrogens is 1. The van der Waals surface area contributed by atoms with E-state index in [2.05, 4.69) is 5.32 Å². The minimum absolute atomic E-state index is 0.236. The van der Waals surface area contributed by atoms with Gasteiger partial charge in [-0.3, -0.25) is 14.2 Å². The van der Waals surface area contributed by atoms with Gasteiger partial charge in [0, 0.05) is 11.3 Å². The number of hydrogen-bond donors (Lipinski definition) is 1. The van der Waals surface area contributed by atoms with Crippen LogP contribution in [0, 0.1) is 0 Å². The fourth-order valence-electron chi connectivity index (χ4n) is 4.39. The largest absolute Gasteiger partial charge is 0.497 e. The number of carbonyl (C=O) groups is 1. The van der Waals surface area contributed by atoms with Crippen LogP contribution in [-0.2, 0) is 4.79 Å². The van der Waals surface area contributed by atoms with E-state index in [0.717, 1.165) is 11.1 Å². The molecule has 1 N–H and O–H groups in total. The number of allylic oxidation sites excluding steroid dienone is 1. The Labute approximate surface area is 217 Å². The zero-order valence-corrected chi connectivity index (χ0v) is 21.4. The second kappa shape index (κ2) is 10.3. The van der Waals surface area contributed by atoms with Crippen LogP contribution in [0.5, 0.6) is 11.5 Å². The number of methoxy groups -OCH3 is 2. The summed E-state index contributed by atoms with van der Waals surface area (Å²) in [5, 5.41) is 2.96. The molecular formula is C29H25N3O4S. The Balaban J connectivity index is 1.70. The van der Waals surface area contributed by atoms with Gasteiger partial charge in [-0.15, -0.1) is 0 Å². The number of hydrogen-bond acceptors (Lipinski definition) is 6. The molecule has 0 saturated carbocycles. The Kier molecular flexibility index (Phi) is 6.74. The molecule has 5 rings (SSSR count). The van der Waals surface area contributed by atoms with Crippen molar-refractivity contribution in [3.63, 3.8) is 0 Å². The Morgan fingerprint density at radius 3 is 2.51 bits per heavy atom. The second-order valence-electron chi connectivity index (χ2n) is 8.42. The minimum Gasteiger partial charge on any atom is -0.497 e. The van der Waals surface area contributed by atoms with E-state index in [1.54, 1.807) is 31.8 Å². The molecule has 3 aromatic carbocycles. The lowest BCUT2D eigenvalue weighted by Crippen LogP contribution is -2.40. The molecule has 37 heavy (non-hydrogen) atoms. The second-order valence-corrected chi connectivity index (χ2v) is 9.43. The summed E-state index contributed by atoms with van der Waals surface area (Å²) in [6.45, 7) is 1.80. The Bertz CT molecular complexity index is 1690. The number of benzene rings is 3. The first-order chi connectivity index (χ1) is 18.0. The molecule has 0 spiro atoms. The van der Waals surface area contributed by atoms with Gasteiger partial charge in [0.15, 0.2) is 4.80 Å². The van der Waals surface area contributed by atoms with Gasteiger partial charge in [0.25, 0.3) is 11.5 Å². The highest BCUT2D eigenvalue weighted by Gasteiger charge is 2.32. The third-order valence-electron chi connectivity index (χ3n) is 6.13. The van der Waals surface area contributed by atoms with Crippen molar-refractivity contribution < 1.29 is 14.3 Å². The van der Waals surface area contributed by atoms with Gasteiger partial charge in [0.2, 0.25) is 0 Å². The van der Waals surface area contributed by atoms with E-state index >= 15 is 0 Å². The van der Waals surface area contributed by atoms with Crippen LogP contribution < -0.4 is 29.7 Å². The fourth-order valence-corrected chi connectivity index (χ4v) is 5.42. The van der Waals surface area contributed by atoms with Crippen LogP contribution in [0.15, 0.2) is 99.9 Å². The first-order valence-corrected chi connectivity index (χ1v) is 12.5. The predicted octanol–water partition coefficient (Wildman–Crippen LogP) is 3.89. The molecule has 0 radical (unpaired) electrons. The van der Waals surface area contributed by atoms with Gasteiger partial charge in [-0.05, 0) is 48.9 Å². The van der Waals surface area contributed by atoms with Crippen LogP contribution in [0.1, 0.15) is 24.1 Å². The first-order valence-electron chi connectivity index (χ1n) is 11.7. The van der Waals surface area contributed by atoms with Crippen molar-refractivity contribution in [3.8, 4) is 11.5 Å². The van der Waals surface area contributed by atoms with E-state index in [-0.39, 0.29) is 11.5 Å². The average molecular weight is 512 g/mol. The van der Waals surface area contributed by atoms with E-state index in [9.17, 15) is 9.59 Å². The monoisotopic (exact) mass is 511 g/mol. The van der Waals surface area contributed by atoms with Crippen LogP contribution in [0.3, 0.4) is 0 Å². The summed E-state index contributed by atoms with van der Waals surface area (Å²) in [6.07, 6.45) is 1.80. The number of nitrogens with zero attached hydrogens (tertiary/aromatic N) is 2. The summed E-state index contributed by atoms with van der Waals surface area (Å²) >= 11 is 1.28. The highest BCUT2D eigenvalue weighted by molar-refractivity contribution is 7.07. The third kappa shape index (κ3) is 4.71. The number of para-hydroxylation sites is 2. The summed E-state index contributed by atoms with van der Waals surface area (Å²) in [5.74, 6) is 0.974. The third-order valence-corrected chi connectivity index (χ3v) is 7.12. The van der Waals surface area contributed by atoms with Crippen molar-refractivity contribution in [2.45, 2.75) is 13.0 Å². The number of thiazole rings is 1. The Morgan fingerprint density at radius 2 is 1.76 bits per heavy atom. The smallest absolute Gasteiger partial charge is 0.271 e. The number of fused-ring (bicyclic) bond motifs is 1. The van der Waals surface area contributed by atoms with E-state index in [1.165, 1.54) is 11.3 Å². The van der Waals surface area contributed by atoms with Gasteiger partial charge in [-0.2, -0.15) is 0 Å². The minimum atomic E-state index is -0.685. The molecule has 7 nitrogen and oxygen atoms in total. The highest BCUT2D eigenvalue weighted by Crippen LogP contribution is 2.32. The van der Waals surface area contributed by atoms with Crippen molar-refractivity contribution in [1.82, 2.24) is 4.57 Å². The molecule has 1 atom stereocenters. The normalized spacial score (nSPS) is 15.1. The topological polar surface area (TPSA) is 81.9 Å². The number of amides is 1. The summed E-state index contributed by atoms with van der Waals surface area (Å²) in [6, 6.07) is 23.4. The molecule has 1 aliphatic rings. The van der Waals surface area contributed by atoms with E-state index in [4.69, 9.17) is 14.5 Å². The SMILES string of the molecule is COc1cccc([C@H]2C(C(=O)Nc3ccccc3)=C(C)N=c3s/c(=C\c4ccccc4OC)c(=O)n32)c1. The molecule has 4 aromatic rings. The molecule has 0 unspecified atom stereocenters. The lowest BCUT2D eigenvalue weighted by atomic mass is 9.95. The molecule has 0 bridgehead atoms. The van der Waals surface area contributed by atoms with Crippen molar-refractivity contribution in [3.05, 3.63) is 121 Å². The van der Waals surface area contributed by atoms with Crippen molar-refractivity contribution in [1.29, 1.82) is 0 Å². The number of rotatable bonds is 6. The number of nitrogens with one attached hydrogen (secondary N) is 1. The number of anilines is 1. The maximum Gasteiger partial charge on any atom is 0.271 e. The molecule has 0 saturated heterocycles. The highest BCUT2D eigenvalue weighted by atomic mass is 32.1. The molecule has 2 heterocycles. The average Bonchev–Trinajstić information content (AvgIpc) is 3.22. The Hall–Kier alpha value is -4.43. The molecule has 0 aliphatic carbocycles. The predicted molar refractivity (Wildman–Crippen MR) is 145 cm³/mol. The van der Waals surface area contributed by atoms with Gasteiger partial charge >= 0.3 is 0 Å². The van der Waals surface area contributed by atoms with Gasteiger partial charge in [-0.1, -0.05) is 59.9 Å². The van der Waals surface area contributed by atoms with E-state index in [0.29, 0.717) is 37.8 Å². The van der Waals surface area contributed by atoms with Gasteiger partial charge < -0.3 is 14.8 Å². The fraction of sp³-hybridized carbons (Fsp3) is 0.138. The molecule has 0 fully saturated rings. The van der Waals surface area contributed by atoms with Crippen molar-refractivity contribution in [2.24, 2.45) is 4.99 Å². The van der Waals surface area contributed by atoms with Crippen LogP contribution in [0.2, 0.25) is 0 Å². The summed E-state index contributed by atoms with van der Waals surface area (Å²) < 4.78 is 13.0. The molecule has 186 valence electrons. The lowest BCUT2D eigenvalue weighted by molar-refractivity contribution is -0.113. The zero-order chi connectivity index (χ0) is 25.9. The first kappa shape index (κ1) is 24.3. The van der Waals surface area contributed by atoms with Crippen LogP contribution in [0.25, 0.3) is 6.08 Å². The van der Waals surface area contributed by atoms with Crippen molar-refractivity contribution in [2.75, 3.05) is 19.5 Å². The molecular weight excluding hydrogens is 486 g/mol. The number of carbonyl (C=O) groups excluding carboxylic acids is 1. The molecule has 8 heteroatoms. The maximum atomic E-state index is 13.8. The summed E-state index contributed by atoms with van der Waals surface area (Å²) in [7, 11) is 3.18. The van der Waals surface area contributed by atoms with Crippen LogP contribution >= 0.6 is 11.3 Å². The molecule has 1 amide bonds. The van der Waals surface area contributed by atoms with Gasteiger partial charge in [0.05, 0.1) is 36.1 Å². The quantitative estimate of drug-likeness (QED) is 0.426. The molecule has 1 aliphatic heterocycles.